The van der Waals surface area contributed by atoms with E-state index in [1.807, 2.05) is 0 Å². The lowest BCUT2D eigenvalue weighted by atomic mass is 9.87. The van der Waals surface area contributed by atoms with E-state index in [9.17, 15) is 0 Å². The first-order chi connectivity index (χ1) is 4.43. The van der Waals surface area contributed by atoms with Crippen molar-refractivity contribution in [3.05, 3.63) is 0 Å². The van der Waals surface area contributed by atoms with Crippen LogP contribution in [-0.2, 0) is 0 Å². The summed E-state index contributed by atoms with van der Waals surface area (Å²) in [6.45, 7) is 0. The Bertz CT molecular complexity index is 106. The number of nitriles is 1. The average Bonchev–Trinajstić information content (AvgIpc) is 1.91. The summed E-state index contributed by atoms with van der Waals surface area (Å²) >= 11 is 0. The highest BCUT2D eigenvalue weighted by Gasteiger charge is 2.11. The van der Waals surface area contributed by atoms with E-state index in [2.05, 4.69) is 6.07 Å². The Morgan fingerprint density at radius 2 is 1.80 bits per heavy atom. The van der Waals surface area contributed by atoms with Crippen LogP contribution in [0.4, 0.5) is 0 Å². The van der Waals surface area contributed by atoms with Gasteiger partial charge in [-0.2, -0.15) is 5.26 Å². The minimum atomic E-state index is 0. The smallest absolute Gasteiger partial charge is 0.0624 e. The van der Waals surface area contributed by atoms with Crippen LogP contribution >= 0.6 is 0 Å². The van der Waals surface area contributed by atoms with Crippen LogP contribution in [0.1, 0.15) is 46.0 Å². The van der Waals surface area contributed by atoms with Crippen molar-refractivity contribution in [2.24, 2.45) is 5.92 Å². The van der Waals surface area contributed by atoms with Gasteiger partial charge in [-0.15, -0.1) is 0 Å². The first-order valence-corrected chi connectivity index (χ1v) is 3.80. The summed E-state index contributed by atoms with van der Waals surface area (Å²) in [4.78, 5) is 0. The maximum Gasteiger partial charge on any atom is 0.0624 e. The van der Waals surface area contributed by atoms with Crippen LogP contribution in [0, 0.1) is 17.2 Å². The third kappa shape index (κ3) is 2.87. The molecule has 0 aromatic carbocycles. The molecule has 0 aromatic heterocycles. The molecule has 0 aromatic rings. The fraction of sp³-hybridized carbons (Fsp3) is 0.889. The predicted octanol–water partition coefficient (Wildman–Crippen LogP) is 3.12. The van der Waals surface area contributed by atoms with Crippen LogP contribution in [0.15, 0.2) is 0 Å². The molecule has 0 atom stereocenters. The molecule has 0 heterocycles. The third-order valence-electron chi connectivity index (χ3n) is 2.10. The van der Waals surface area contributed by atoms with Gasteiger partial charge in [-0.1, -0.05) is 26.7 Å². The van der Waals surface area contributed by atoms with E-state index >= 15 is 0 Å². The van der Waals surface area contributed by atoms with E-state index in [-0.39, 0.29) is 7.43 Å². The van der Waals surface area contributed by atoms with Gasteiger partial charge in [0.05, 0.1) is 6.07 Å². The second-order valence-electron chi connectivity index (χ2n) is 2.87. The topological polar surface area (TPSA) is 23.8 Å². The first kappa shape index (κ1) is 9.49. The zero-order valence-electron chi connectivity index (χ0n) is 5.77. The second-order valence-corrected chi connectivity index (χ2v) is 2.87. The van der Waals surface area contributed by atoms with E-state index in [4.69, 9.17) is 5.26 Å². The lowest BCUT2D eigenvalue weighted by Crippen LogP contribution is -2.04. The average molecular weight is 139 g/mol. The minimum absolute atomic E-state index is 0. The van der Waals surface area contributed by atoms with E-state index in [0.29, 0.717) is 0 Å². The van der Waals surface area contributed by atoms with Gasteiger partial charge in [-0.05, 0) is 18.8 Å². The molecule has 0 N–H and O–H groups in total. The van der Waals surface area contributed by atoms with Crippen LogP contribution in [0.3, 0.4) is 0 Å². The Morgan fingerprint density at radius 3 is 2.30 bits per heavy atom. The SMILES string of the molecule is C.N#CCC1CCCCC1. The molecule has 0 bridgehead atoms. The van der Waals surface area contributed by atoms with E-state index in [0.717, 1.165) is 12.3 Å². The largest absolute Gasteiger partial charge is 0.198 e. The van der Waals surface area contributed by atoms with Gasteiger partial charge in [0.1, 0.15) is 0 Å². The first-order valence-electron chi connectivity index (χ1n) is 3.80. The summed E-state index contributed by atoms with van der Waals surface area (Å²) in [5.74, 6) is 0.740. The van der Waals surface area contributed by atoms with E-state index < -0.39 is 0 Å². The van der Waals surface area contributed by atoms with Gasteiger partial charge in [0, 0.05) is 6.42 Å². The molecular formula is C9H17N. The summed E-state index contributed by atoms with van der Waals surface area (Å²) in [5.41, 5.74) is 0. The third-order valence-corrected chi connectivity index (χ3v) is 2.10. The van der Waals surface area contributed by atoms with Gasteiger partial charge in [-0.3, -0.25) is 0 Å². The summed E-state index contributed by atoms with van der Waals surface area (Å²) in [7, 11) is 0. The second kappa shape index (κ2) is 5.29. The van der Waals surface area contributed by atoms with Gasteiger partial charge in [0.2, 0.25) is 0 Å². The summed E-state index contributed by atoms with van der Waals surface area (Å²) < 4.78 is 0. The Hall–Kier alpha value is -0.510. The molecule has 1 nitrogen and oxygen atoms in total. The highest BCUT2D eigenvalue weighted by molar-refractivity contribution is 4.77. The summed E-state index contributed by atoms with van der Waals surface area (Å²) in [6, 6.07) is 2.24. The van der Waals surface area contributed by atoms with Crippen LogP contribution < -0.4 is 0 Å². The van der Waals surface area contributed by atoms with Gasteiger partial charge < -0.3 is 0 Å². The van der Waals surface area contributed by atoms with Crippen LogP contribution in [0.5, 0.6) is 0 Å². The standard InChI is InChI=1S/C8H13N.CH4/c9-7-6-8-4-2-1-3-5-8;/h8H,1-6H2;1H4. The fourth-order valence-electron chi connectivity index (χ4n) is 1.52. The van der Waals surface area contributed by atoms with Gasteiger partial charge in [-0.25, -0.2) is 0 Å². The zero-order chi connectivity index (χ0) is 6.53. The Balaban J connectivity index is 0.000000810. The minimum Gasteiger partial charge on any atom is -0.198 e. The quantitative estimate of drug-likeness (QED) is 0.547. The molecule has 1 saturated carbocycles. The normalized spacial score (nSPS) is 19.1. The maximum absolute atomic E-state index is 8.37. The van der Waals surface area contributed by atoms with E-state index in [1.54, 1.807) is 0 Å². The Kier molecular flexibility index (Phi) is 5.02. The van der Waals surface area contributed by atoms with Gasteiger partial charge in [0.25, 0.3) is 0 Å². The van der Waals surface area contributed by atoms with Crippen molar-refractivity contribution in [3.8, 4) is 6.07 Å². The molecule has 1 aliphatic rings. The highest BCUT2D eigenvalue weighted by atomic mass is 14.3. The number of nitrogens with zero attached hydrogens (tertiary/aromatic N) is 1. The lowest BCUT2D eigenvalue weighted by Gasteiger charge is -2.17. The van der Waals surface area contributed by atoms with Crippen LogP contribution in [-0.4, -0.2) is 0 Å². The van der Waals surface area contributed by atoms with Crippen LogP contribution in [0.25, 0.3) is 0 Å². The molecule has 1 aliphatic carbocycles. The molecule has 0 aliphatic heterocycles. The molecule has 1 fully saturated rings. The number of hydrogen-bond donors (Lipinski definition) is 0. The van der Waals surface area contributed by atoms with Crippen molar-refractivity contribution in [1.82, 2.24) is 0 Å². The molecular weight excluding hydrogens is 122 g/mol. The van der Waals surface area contributed by atoms with Crippen molar-refractivity contribution in [2.75, 3.05) is 0 Å². The highest BCUT2D eigenvalue weighted by Crippen LogP contribution is 2.25. The predicted molar refractivity (Wildman–Crippen MR) is 43.5 cm³/mol. The molecule has 0 saturated heterocycles. The Labute approximate surface area is 64.1 Å². The van der Waals surface area contributed by atoms with Crippen molar-refractivity contribution in [1.29, 1.82) is 5.26 Å². The Morgan fingerprint density at radius 1 is 1.20 bits per heavy atom. The molecule has 58 valence electrons. The summed E-state index contributed by atoms with van der Waals surface area (Å²) in [5, 5.41) is 8.37. The molecule has 0 radical (unpaired) electrons. The monoisotopic (exact) mass is 139 g/mol. The molecule has 0 amide bonds. The maximum atomic E-state index is 8.37. The number of rotatable bonds is 1. The lowest BCUT2D eigenvalue weighted by molar-refractivity contribution is 0.364. The zero-order valence-corrected chi connectivity index (χ0v) is 5.77. The molecule has 1 rings (SSSR count). The molecule has 0 unspecified atom stereocenters. The van der Waals surface area contributed by atoms with Gasteiger partial charge in [0.15, 0.2) is 0 Å². The molecule has 0 spiro atoms. The van der Waals surface area contributed by atoms with Crippen molar-refractivity contribution in [2.45, 2.75) is 46.0 Å². The van der Waals surface area contributed by atoms with E-state index in [1.165, 1.54) is 32.1 Å². The molecule has 1 heteroatoms. The fourth-order valence-corrected chi connectivity index (χ4v) is 1.52. The number of hydrogen-bond acceptors (Lipinski definition) is 1. The van der Waals surface area contributed by atoms with Crippen molar-refractivity contribution >= 4 is 0 Å². The van der Waals surface area contributed by atoms with Crippen LogP contribution in [0.2, 0.25) is 0 Å². The van der Waals surface area contributed by atoms with Gasteiger partial charge >= 0.3 is 0 Å². The molecule has 10 heavy (non-hydrogen) atoms. The van der Waals surface area contributed by atoms with Crippen molar-refractivity contribution < 1.29 is 0 Å². The van der Waals surface area contributed by atoms with Crippen molar-refractivity contribution in [3.63, 3.8) is 0 Å². The summed E-state index contributed by atoms with van der Waals surface area (Å²) in [6.07, 6.45) is 7.49.